The van der Waals surface area contributed by atoms with Gasteiger partial charge in [0.15, 0.2) is 6.29 Å². The zero-order valence-corrected chi connectivity index (χ0v) is 14.3. The summed E-state index contributed by atoms with van der Waals surface area (Å²) < 4.78 is 11.9. The third-order valence-corrected chi connectivity index (χ3v) is 3.63. The van der Waals surface area contributed by atoms with E-state index < -0.39 is 0 Å². The van der Waals surface area contributed by atoms with Crippen molar-refractivity contribution in [1.29, 1.82) is 0 Å². The molecule has 2 nitrogen and oxygen atoms in total. The molecule has 0 saturated heterocycles. The van der Waals surface area contributed by atoms with Gasteiger partial charge in [-0.2, -0.15) is 0 Å². The number of hydrogen-bond donors (Lipinski definition) is 0. The molecule has 0 aromatic heterocycles. The van der Waals surface area contributed by atoms with Gasteiger partial charge >= 0.3 is 0 Å². The average molecular weight is 310 g/mol. The highest BCUT2D eigenvalue weighted by molar-refractivity contribution is 5.21. The lowest BCUT2D eigenvalue weighted by Crippen LogP contribution is -2.17. The molecule has 0 spiro atoms. The van der Waals surface area contributed by atoms with Gasteiger partial charge in [0.2, 0.25) is 0 Å². The van der Waals surface area contributed by atoms with Crippen molar-refractivity contribution >= 4 is 0 Å². The fraction of sp³-hybridized carbons (Fsp3) is 0.333. The highest BCUT2D eigenvalue weighted by Crippen LogP contribution is 2.14. The maximum absolute atomic E-state index is 5.94. The van der Waals surface area contributed by atoms with Crippen molar-refractivity contribution in [3.8, 4) is 0 Å². The van der Waals surface area contributed by atoms with Crippen LogP contribution in [0.1, 0.15) is 35.6 Å². The van der Waals surface area contributed by atoms with Crippen molar-refractivity contribution < 1.29 is 9.47 Å². The second kappa shape index (κ2) is 8.66. The second-order valence-electron chi connectivity index (χ2n) is 6.18. The smallest absolute Gasteiger partial charge is 0.162 e. The van der Waals surface area contributed by atoms with Gasteiger partial charge in [-0.25, -0.2) is 0 Å². The molecule has 2 rings (SSSR count). The molecule has 122 valence electrons. The van der Waals surface area contributed by atoms with Crippen LogP contribution in [0.5, 0.6) is 0 Å². The Bertz CT molecular complexity index is 562. The standard InChI is InChI=1S/C21H26O2/c1-16(2)13-21(22-14-19-9-5-17(3)6-10-19)23-15-20-11-7-18(4)8-12-20/h5-12,21H,1,13-15H2,2-4H3. The minimum Gasteiger partial charge on any atom is -0.348 e. The predicted molar refractivity (Wildman–Crippen MR) is 95.2 cm³/mol. The Balaban J connectivity index is 1.89. The summed E-state index contributed by atoms with van der Waals surface area (Å²) in [6, 6.07) is 16.7. The van der Waals surface area contributed by atoms with Crippen LogP contribution >= 0.6 is 0 Å². The molecule has 0 aliphatic carbocycles. The molecular formula is C21H26O2. The van der Waals surface area contributed by atoms with Crippen LogP contribution < -0.4 is 0 Å². The minimum atomic E-state index is -0.268. The van der Waals surface area contributed by atoms with Gasteiger partial charge in [-0.15, -0.1) is 0 Å². The molecule has 0 saturated carbocycles. The monoisotopic (exact) mass is 310 g/mol. The Morgan fingerprint density at radius 1 is 0.826 bits per heavy atom. The molecule has 23 heavy (non-hydrogen) atoms. The molecule has 0 heterocycles. The summed E-state index contributed by atoms with van der Waals surface area (Å²) in [5.74, 6) is 0. The van der Waals surface area contributed by atoms with E-state index in [9.17, 15) is 0 Å². The van der Waals surface area contributed by atoms with Crippen LogP contribution in [-0.4, -0.2) is 6.29 Å². The van der Waals surface area contributed by atoms with Gasteiger partial charge in [-0.3, -0.25) is 0 Å². The van der Waals surface area contributed by atoms with Gasteiger partial charge in [-0.1, -0.05) is 71.8 Å². The minimum absolute atomic E-state index is 0.268. The quantitative estimate of drug-likeness (QED) is 0.484. The zero-order chi connectivity index (χ0) is 16.7. The van der Waals surface area contributed by atoms with Crippen LogP contribution in [0.15, 0.2) is 60.7 Å². The molecule has 0 bridgehead atoms. The first-order valence-corrected chi connectivity index (χ1v) is 8.01. The molecule has 2 heteroatoms. The van der Waals surface area contributed by atoms with Crippen LogP contribution in [-0.2, 0) is 22.7 Å². The van der Waals surface area contributed by atoms with E-state index in [-0.39, 0.29) is 6.29 Å². The van der Waals surface area contributed by atoms with Crippen molar-refractivity contribution in [2.75, 3.05) is 0 Å². The van der Waals surface area contributed by atoms with E-state index in [4.69, 9.17) is 9.47 Å². The first-order valence-electron chi connectivity index (χ1n) is 8.01. The van der Waals surface area contributed by atoms with Gasteiger partial charge in [0.1, 0.15) is 0 Å². The topological polar surface area (TPSA) is 18.5 Å². The summed E-state index contributed by atoms with van der Waals surface area (Å²) in [6.07, 6.45) is 0.438. The number of ether oxygens (including phenoxy) is 2. The fourth-order valence-corrected chi connectivity index (χ4v) is 2.20. The van der Waals surface area contributed by atoms with Crippen LogP contribution in [0.3, 0.4) is 0 Å². The van der Waals surface area contributed by atoms with Crippen LogP contribution in [0.25, 0.3) is 0 Å². The van der Waals surface area contributed by atoms with E-state index >= 15 is 0 Å². The lowest BCUT2D eigenvalue weighted by molar-refractivity contribution is -0.155. The number of hydrogen-bond acceptors (Lipinski definition) is 2. The Morgan fingerprint density at radius 3 is 1.57 bits per heavy atom. The Kier molecular flexibility index (Phi) is 6.57. The molecule has 0 fully saturated rings. The third-order valence-electron chi connectivity index (χ3n) is 3.63. The summed E-state index contributed by atoms with van der Waals surface area (Å²) in [7, 11) is 0. The van der Waals surface area contributed by atoms with E-state index in [2.05, 4.69) is 69.0 Å². The second-order valence-corrected chi connectivity index (χ2v) is 6.18. The van der Waals surface area contributed by atoms with Crippen LogP contribution in [0.2, 0.25) is 0 Å². The molecule has 2 aromatic rings. The number of rotatable bonds is 8. The normalized spacial score (nSPS) is 11.0. The largest absolute Gasteiger partial charge is 0.348 e. The van der Waals surface area contributed by atoms with Crippen molar-refractivity contribution in [2.24, 2.45) is 0 Å². The number of aryl methyl sites for hydroxylation is 2. The highest BCUT2D eigenvalue weighted by atomic mass is 16.7. The molecule has 0 amide bonds. The summed E-state index contributed by atoms with van der Waals surface area (Å²) in [6.45, 7) is 11.2. The van der Waals surface area contributed by atoms with E-state index in [1.54, 1.807) is 0 Å². The van der Waals surface area contributed by atoms with E-state index in [0.717, 1.165) is 16.7 Å². The van der Waals surface area contributed by atoms with Gasteiger partial charge in [0.05, 0.1) is 13.2 Å². The molecule has 2 aromatic carbocycles. The maximum atomic E-state index is 5.94. The molecular weight excluding hydrogens is 284 g/mol. The summed E-state index contributed by atoms with van der Waals surface area (Å²) >= 11 is 0. The number of benzene rings is 2. The van der Waals surface area contributed by atoms with E-state index in [0.29, 0.717) is 19.6 Å². The molecule has 0 atom stereocenters. The fourth-order valence-electron chi connectivity index (χ4n) is 2.20. The van der Waals surface area contributed by atoms with Gasteiger partial charge in [0, 0.05) is 6.42 Å². The van der Waals surface area contributed by atoms with Crippen LogP contribution in [0.4, 0.5) is 0 Å². The van der Waals surface area contributed by atoms with E-state index in [1.165, 1.54) is 11.1 Å². The average Bonchev–Trinajstić information content (AvgIpc) is 2.52. The first kappa shape index (κ1) is 17.5. The Labute approximate surface area is 139 Å². The summed E-state index contributed by atoms with van der Waals surface area (Å²) in [4.78, 5) is 0. The maximum Gasteiger partial charge on any atom is 0.162 e. The van der Waals surface area contributed by atoms with Crippen molar-refractivity contribution in [2.45, 2.75) is 46.7 Å². The SMILES string of the molecule is C=C(C)CC(OCc1ccc(C)cc1)OCc1ccc(C)cc1. The van der Waals surface area contributed by atoms with Crippen molar-refractivity contribution in [3.63, 3.8) is 0 Å². The molecule has 0 radical (unpaired) electrons. The third kappa shape index (κ3) is 6.39. The van der Waals surface area contributed by atoms with Gasteiger partial charge in [-0.05, 0) is 31.9 Å². The van der Waals surface area contributed by atoms with E-state index in [1.807, 2.05) is 6.92 Å². The Morgan fingerprint density at radius 2 is 1.22 bits per heavy atom. The van der Waals surface area contributed by atoms with Crippen LogP contribution in [0, 0.1) is 13.8 Å². The lowest BCUT2D eigenvalue weighted by atomic mass is 10.1. The first-order chi connectivity index (χ1) is 11.0. The molecule has 0 N–H and O–H groups in total. The molecule has 0 aliphatic rings. The van der Waals surface area contributed by atoms with Gasteiger partial charge < -0.3 is 9.47 Å². The Hall–Kier alpha value is -1.90. The molecule has 0 aliphatic heterocycles. The summed E-state index contributed by atoms with van der Waals surface area (Å²) in [5, 5.41) is 0. The predicted octanol–water partition coefficient (Wildman–Crippen LogP) is 5.33. The summed E-state index contributed by atoms with van der Waals surface area (Å²) in [5.41, 5.74) is 5.87. The van der Waals surface area contributed by atoms with Gasteiger partial charge in [0.25, 0.3) is 0 Å². The van der Waals surface area contributed by atoms with Crippen molar-refractivity contribution in [1.82, 2.24) is 0 Å². The van der Waals surface area contributed by atoms with Crippen molar-refractivity contribution in [3.05, 3.63) is 82.9 Å². The molecule has 0 unspecified atom stereocenters. The lowest BCUT2D eigenvalue weighted by Gasteiger charge is -2.19. The zero-order valence-electron chi connectivity index (χ0n) is 14.3. The highest BCUT2D eigenvalue weighted by Gasteiger charge is 2.10.